The van der Waals surface area contributed by atoms with Crippen LogP contribution < -0.4 is 15.2 Å². The van der Waals surface area contributed by atoms with E-state index in [1.54, 1.807) is 31.3 Å². The first-order valence-electron chi connectivity index (χ1n) is 12.5. The first kappa shape index (κ1) is 29.1. The lowest BCUT2D eigenvalue weighted by molar-refractivity contribution is -0.149. The first-order chi connectivity index (χ1) is 19.0. The second-order valence-electron chi connectivity index (χ2n) is 9.32. The Morgan fingerprint density at radius 1 is 1.15 bits per heavy atom. The van der Waals surface area contributed by atoms with Gasteiger partial charge in [0.2, 0.25) is 10.2 Å². The maximum Gasteiger partial charge on any atom is 0.328 e. The molecule has 0 spiro atoms. The molecule has 40 heavy (non-hydrogen) atoms. The van der Waals surface area contributed by atoms with Gasteiger partial charge in [-0.1, -0.05) is 49.4 Å². The van der Waals surface area contributed by atoms with Gasteiger partial charge in [0.25, 0.3) is 10.0 Å². The van der Waals surface area contributed by atoms with Crippen LogP contribution in [0.25, 0.3) is 10.2 Å². The molecule has 2 heterocycles. The molecule has 4 aromatic rings. The maximum atomic E-state index is 13.5. The molecule has 4 rings (SSSR count). The molecule has 14 heteroatoms. The van der Waals surface area contributed by atoms with Gasteiger partial charge < -0.3 is 14.8 Å². The van der Waals surface area contributed by atoms with Crippen molar-refractivity contribution in [2.24, 2.45) is 11.1 Å². The van der Waals surface area contributed by atoms with E-state index < -0.39 is 34.0 Å². The number of carbonyl (C=O) groups excluding carboxylic acids is 2. The van der Waals surface area contributed by atoms with Gasteiger partial charge in [-0.2, -0.15) is 0 Å². The number of hydrogen-bond donors (Lipinski definition) is 2. The van der Waals surface area contributed by atoms with Crippen molar-refractivity contribution in [2.45, 2.75) is 50.2 Å². The summed E-state index contributed by atoms with van der Waals surface area (Å²) in [7, 11) is -3.90. The molecule has 0 aliphatic rings. The Hall–Kier alpha value is -3.88. The summed E-state index contributed by atoms with van der Waals surface area (Å²) in [5, 5.41) is 16.4. The van der Waals surface area contributed by atoms with Crippen LogP contribution in [-0.2, 0) is 37.4 Å². The summed E-state index contributed by atoms with van der Waals surface area (Å²) in [6, 6.07) is 12.8. The molecule has 0 aliphatic carbocycles. The van der Waals surface area contributed by atoms with Gasteiger partial charge in [-0.15, -0.1) is 16.4 Å². The molecule has 2 aromatic carbocycles. The molecule has 2 aromatic heterocycles. The highest BCUT2D eigenvalue weighted by molar-refractivity contribution is 7.91. The molecule has 212 valence electrons. The predicted molar refractivity (Wildman–Crippen MR) is 148 cm³/mol. The number of benzene rings is 2. The van der Waals surface area contributed by atoms with Crippen molar-refractivity contribution in [3.8, 4) is 5.75 Å². The number of sulfonamides is 1. The largest absolute Gasteiger partial charge is 0.487 e. The Balaban J connectivity index is 1.51. The summed E-state index contributed by atoms with van der Waals surface area (Å²) in [4.78, 5) is 30.0. The van der Waals surface area contributed by atoms with Crippen molar-refractivity contribution >= 4 is 43.5 Å². The number of thiazole rings is 1. The number of carbonyl (C=O) groups is 2. The number of hydrogen-bond acceptors (Lipinski definition) is 10. The van der Waals surface area contributed by atoms with E-state index in [-0.39, 0.29) is 23.5 Å². The first-order valence-corrected chi connectivity index (χ1v) is 14.9. The number of fused-ring (bicyclic) bond motifs is 1. The lowest BCUT2D eigenvalue weighted by atomic mass is 10.0. The van der Waals surface area contributed by atoms with E-state index >= 15 is 0 Å². The summed E-state index contributed by atoms with van der Waals surface area (Å²) in [6.07, 6.45) is 1.94. The minimum atomic E-state index is -3.90. The monoisotopic (exact) mass is 586 g/mol. The van der Waals surface area contributed by atoms with Gasteiger partial charge in [-0.05, 0) is 36.6 Å². The number of aromatic nitrogens is 4. The summed E-state index contributed by atoms with van der Waals surface area (Å²) >= 11 is 0.950. The molecule has 0 radical (unpaired) electrons. The molecule has 0 unspecified atom stereocenters. The molecule has 12 nitrogen and oxygen atoms in total. The third kappa shape index (κ3) is 7.20. The Bertz CT molecular complexity index is 1590. The van der Waals surface area contributed by atoms with Gasteiger partial charge in [0.05, 0.1) is 23.0 Å². The molecule has 0 saturated carbocycles. The molecule has 0 bridgehead atoms. The van der Waals surface area contributed by atoms with E-state index in [1.807, 2.05) is 44.2 Å². The van der Waals surface area contributed by atoms with Crippen LogP contribution in [0, 0.1) is 5.92 Å². The number of amides is 1. The van der Waals surface area contributed by atoms with Crippen LogP contribution in [0.15, 0.2) is 59.1 Å². The molecular weight excluding hydrogens is 556 g/mol. The standard InChI is InChI=1S/C26H30N6O6S2/c1-4-37-25(34)23(16(2)3)29-24(33)21(12-17-8-6-5-7-9-17)32-14-18(30-31-32)15-38-19-10-11-20-22(13-19)39-26(28-20)40(27,35)36/h5-11,13-14,16,21,23H,4,12,15H2,1-3H3,(H,29,33)(H2,27,35,36)/t21-,23-/m0/s1. The SMILES string of the molecule is CCOC(=O)[C@@H](NC(=O)[C@H](Cc1ccccc1)n1cc(COc2ccc3nc(S(N)(=O)=O)sc3c2)nn1)C(C)C. The fourth-order valence-electron chi connectivity index (χ4n) is 3.91. The van der Waals surface area contributed by atoms with Gasteiger partial charge >= 0.3 is 5.97 Å². The number of rotatable bonds is 12. The maximum absolute atomic E-state index is 13.5. The van der Waals surface area contributed by atoms with Gasteiger partial charge in [-0.25, -0.2) is 28.0 Å². The van der Waals surface area contributed by atoms with Crippen molar-refractivity contribution in [1.82, 2.24) is 25.3 Å². The van der Waals surface area contributed by atoms with E-state index in [9.17, 15) is 18.0 Å². The topological polar surface area (TPSA) is 168 Å². The molecule has 3 N–H and O–H groups in total. The fraction of sp³-hybridized carbons (Fsp3) is 0.346. The zero-order valence-electron chi connectivity index (χ0n) is 22.2. The van der Waals surface area contributed by atoms with Gasteiger partial charge in [0.15, 0.2) is 0 Å². The van der Waals surface area contributed by atoms with Crippen LogP contribution in [0.5, 0.6) is 5.75 Å². The lowest BCUT2D eigenvalue weighted by Gasteiger charge is -2.24. The van der Waals surface area contributed by atoms with Crippen LogP contribution in [-0.4, -0.2) is 52.9 Å². The Labute approximate surface area is 235 Å². The second-order valence-corrected chi connectivity index (χ2v) is 12.1. The number of esters is 1. The lowest BCUT2D eigenvalue weighted by Crippen LogP contribution is -2.48. The van der Waals surface area contributed by atoms with Crippen LogP contribution in [0.4, 0.5) is 0 Å². The quantitative estimate of drug-likeness (QED) is 0.237. The van der Waals surface area contributed by atoms with Gasteiger partial charge in [-0.3, -0.25) is 4.79 Å². The zero-order chi connectivity index (χ0) is 28.9. The third-order valence-electron chi connectivity index (χ3n) is 5.93. The van der Waals surface area contributed by atoms with E-state index in [0.29, 0.717) is 28.1 Å². The van der Waals surface area contributed by atoms with Gasteiger partial charge in [0, 0.05) is 6.42 Å². The van der Waals surface area contributed by atoms with Crippen LogP contribution in [0.2, 0.25) is 0 Å². The van der Waals surface area contributed by atoms with Crippen molar-refractivity contribution < 1.29 is 27.5 Å². The van der Waals surface area contributed by atoms with Crippen LogP contribution >= 0.6 is 11.3 Å². The van der Waals surface area contributed by atoms with Gasteiger partial charge in [0.1, 0.15) is 30.1 Å². The number of ether oxygens (including phenoxy) is 2. The van der Waals surface area contributed by atoms with Crippen molar-refractivity contribution in [3.63, 3.8) is 0 Å². The van der Waals surface area contributed by atoms with Crippen molar-refractivity contribution in [2.75, 3.05) is 6.61 Å². The van der Waals surface area contributed by atoms with Crippen LogP contribution in [0.3, 0.4) is 0 Å². The number of nitrogens with two attached hydrogens (primary N) is 1. The molecule has 0 saturated heterocycles. The summed E-state index contributed by atoms with van der Waals surface area (Å²) in [5.74, 6) is -0.600. The molecule has 1 amide bonds. The minimum absolute atomic E-state index is 0.0451. The average Bonchev–Trinajstić information content (AvgIpc) is 3.56. The third-order valence-corrected chi connectivity index (χ3v) is 8.26. The fourth-order valence-corrected chi connectivity index (χ4v) is 5.59. The van der Waals surface area contributed by atoms with E-state index in [1.165, 1.54) is 4.68 Å². The highest BCUT2D eigenvalue weighted by Gasteiger charge is 2.30. The number of nitrogens with one attached hydrogen (secondary N) is 1. The zero-order valence-corrected chi connectivity index (χ0v) is 23.8. The second kappa shape index (κ2) is 12.5. The van der Waals surface area contributed by atoms with E-state index in [2.05, 4.69) is 20.6 Å². The minimum Gasteiger partial charge on any atom is -0.487 e. The Kier molecular flexibility index (Phi) is 9.12. The van der Waals surface area contributed by atoms with Crippen LogP contribution in [0.1, 0.15) is 38.1 Å². The Morgan fingerprint density at radius 3 is 2.58 bits per heavy atom. The van der Waals surface area contributed by atoms with E-state index in [0.717, 1.165) is 16.9 Å². The van der Waals surface area contributed by atoms with Crippen molar-refractivity contribution in [3.05, 3.63) is 66.0 Å². The smallest absolute Gasteiger partial charge is 0.328 e. The molecular formula is C26H30N6O6S2. The van der Waals surface area contributed by atoms with E-state index in [4.69, 9.17) is 14.6 Å². The van der Waals surface area contributed by atoms with Crippen molar-refractivity contribution in [1.29, 1.82) is 0 Å². The highest BCUT2D eigenvalue weighted by atomic mass is 32.2. The highest BCUT2D eigenvalue weighted by Crippen LogP contribution is 2.28. The average molecular weight is 587 g/mol. The molecule has 2 atom stereocenters. The normalized spacial score (nSPS) is 13.2. The predicted octanol–water partition coefficient (Wildman–Crippen LogP) is 2.60. The summed E-state index contributed by atoms with van der Waals surface area (Å²) in [6.45, 7) is 5.63. The summed E-state index contributed by atoms with van der Waals surface area (Å²) < 4.78 is 36.1. The Morgan fingerprint density at radius 2 is 1.90 bits per heavy atom. The number of primary sulfonamides is 1. The summed E-state index contributed by atoms with van der Waals surface area (Å²) in [5.41, 5.74) is 1.86. The molecule has 0 aliphatic heterocycles. The molecule has 0 fully saturated rings. The number of nitrogens with zero attached hydrogens (tertiary/aromatic N) is 4.